The van der Waals surface area contributed by atoms with E-state index in [9.17, 15) is 34.9 Å². The SMILES string of the molecule is Cc1c(C)c([N+](=O)[O-])c(C)c2c1OC(C)(C(=O)O)C2.Cc1c(C)c([N+](=O)[O-])c(C)c2c1OC(C)(C=O)C2. The molecular formula is C26H30N2O9. The number of benzene rings is 2. The Hall–Kier alpha value is -4.02. The Morgan fingerprint density at radius 2 is 1.19 bits per heavy atom. The van der Waals surface area contributed by atoms with E-state index in [2.05, 4.69) is 0 Å². The van der Waals surface area contributed by atoms with Crippen molar-refractivity contribution in [1.29, 1.82) is 0 Å². The zero-order valence-corrected chi connectivity index (χ0v) is 22.1. The lowest BCUT2D eigenvalue weighted by atomic mass is 9.92. The highest BCUT2D eigenvalue weighted by atomic mass is 16.6. The summed E-state index contributed by atoms with van der Waals surface area (Å²) in [4.78, 5) is 43.8. The Balaban J connectivity index is 0.000000206. The normalized spacial score (nSPS) is 21.1. The van der Waals surface area contributed by atoms with Gasteiger partial charge in [-0.25, -0.2) is 4.79 Å². The number of rotatable bonds is 4. The van der Waals surface area contributed by atoms with Gasteiger partial charge in [0.2, 0.25) is 5.60 Å². The standard InChI is InChI=1S/C13H15NO5.C13H15NO4/c1-6-7(2)11-9(8(3)10(6)14(17)18)5-13(4,19-11)12(15)16;1-7-8(2)12-10(5-13(4,6-15)18-12)9(3)11(7)14(16)17/h5H2,1-4H3,(H,15,16);6H,5H2,1-4H3. The van der Waals surface area contributed by atoms with Crippen molar-refractivity contribution >= 4 is 23.6 Å². The maximum Gasteiger partial charge on any atom is 0.348 e. The van der Waals surface area contributed by atoms with Gasteiger partial charge in [-0.2, -0.15) is 0 Å². The van der Waals surface area contributed by atoms with Crippen LogP contribution >= 0.6 is 0 Å². The minimum absolute atomic E-state index is 0.0505. The molecule has 198 valence electrons. The second-order valence-electron chi connectivity index (χ2n) is 10.1. The summed E-state index contributed by atoms with van der Waals surface area (Å²) in [7, 11) is 0. The summed E-state index contributed by atoms with van der Waals surface area (Å²) in [5, 5.41) is 31.5. The molecule has 37 heavy (non-hydrogen) atoms. The van der Waals surface area contributed by atoms with Crippen LogP contribution in [-0.2, 0) is 22.4 Å². The third kappa shape index (κ3) is 4.38. The van der Waals surface area contributed by atoms with Gasteiger partial charge in [0.1, 0.15) is 11.5 Å². The second kappa shape index (κ2) is 9.13. The Morgan fingerprint density at radius 1 is 0.784 bits per heavy atom. The number of nitro groups is 2. The number of aliphatic carboxylic acids is 1. The first kappa shape index (κ1) is 27.6. The summed E-state index contributed by atoms with van der Waals surface area (Å²) in [6.45, 7) is 13.4. The maximum absolute atomic E-state index is 11.3. The molecule has 2 unspecified atom stereocenters. The number of hydrogen-bond acceptors (Lipinski definition) is 8. The summed E-state index contributed by atoms with van der Waals surface area (Å²) in [5.74, 6) is 0.0403. The van der Waals surface area contributed by atoms with Gasteiger partial charge < -0.3 is 14.6 Å². The van der Waals surface area contributed by atoms with Crippen molar-refractivity contribution in [1.82, 2.24) is 0 Å². The summed E-state index contributed by atoms with van der Waals surface area (Å²) in [5.41, 5.74) is 2.93. The molecule has 0 fully saturated rings. The molecule has 0 aliphatic carbocycles. The summed E-state index contributed by atoms with van der Waals surface area (Å²) in [6, 6.07) is 0. The molecule has 11 nitrogen and oxygen atoms in total. The average Bonchev–Trinajstić information content (AvgIpc) is 3.36. The number of fused-ring (bicyclic) bond motifs is 2. The molecule has 0 radical (unpaired) electrons. The predicted octanol–water partition coefficient (Wildman–Crippen LogP) is 4.71. The monoisotopic (exact) mass is 514 g/mol. The number of carboxylic acid groups (broad SMARTS) is 1. The molecule has 4 rings (SSSR count). The molecule has 2 aromatic carbocycles. The van der Waals surface area contributed by atoms with Crippen LogP contribution in [0.4, 0.5) is 11.4 Å². The van der Waals surface area contributed by atoms with Gasteiger partial charge in [0.05, 0.1) is 9.85 Å². The first-order chi connectivity index (χ1) is 17.0. The Labute approximate surface area is 213 Å². The van der Waals surface area contributed by atoms with Crippen LogP contribution in [0.5, 0.6) is 11.5 Å². The van der Waals surface area contributed by atoms with E-state index in [1.54, 1.807) is 48.5 Å². The van der Waals surface area contributed by atoms with Gasteiger partial charge in [-0.05, 0) is 55.4 Å². The molecule has 2 aromatic rings. The first-order valence-corrected chi connectivity index (χ1v) is 11.6. The van der Waals surface area contributed by atoms with Crippen LogP contribution in [0.3, 0.4) is 0 Å². The number of carbonyl (C=O) groups is 2. The minimum atomic E-state index is -1.35. The molecule has 2 atom stereocenters. The number of carbonyl (C=O) groups excluding carboxylic acids is 1. The smallest absolute Gasteiger partial charge is 0.348 e. The van der Waals surface area contributed by atoms with Gasteiger partial charge in [0.25, 0.3) is 11.4 Å². The van der Waals surface area contributed by atoms with Crippen molar-refractivity contribution in [3.05, 3.63) is 64.7 Å². The van der Waals surface area contributed by atoms with Crippen LogP contribution in [0.2, 0.25) is 0 Å². The van der Waals surface area contributed by atoms with Crippen molar-refractivity contribution in [3.8, 4) is 11.5 Å². The van der Waals surface area contributed by atoms with Gasteiger partial charge in [0.15, 0.2) is 11.9 Å². The van der Waals surface area contributed by atoms with Crippen LogP contribution in [0.1, 0.15) is 58.4 Å². The Morgan fingerprint density at radius 3 is 1.57 bits per heavy atom. The van der Waals surface area contributed by atoms with Gasteiger partial charge in [-0.1, -0.05) is 0 Å². The molecular weight excluding hydrogens is 484 g/mol. The molecule has 2 aliphatic rings. The highest BCUT2D eigenvalue weighted by molar-refractivity contribution is 5.81. The third-order valence-electron chi connectivity index (χ3n) is 7.45. The highest BCUT2D eigenvalue weighted by Crippen LogP contribution is 2.46. The quantitative estimate of drug-likeness (QED) is 0.346. The molecule has 11 heteroatoms. The van der Waals surface area contributed by atoms with Crippen LogP contribution in [0.25, 0.3) is 0 Å². The molecule has 0 bridgehead atoms. The molecule has 0 spiro atoms. The highest BCUT2D eigenvalue weighted by Gasteiger charge is 2.45. The third-order valence-corrected chi connectivity index (χ3v) is 7.45. The first-order valence-electron chi connectivity index (χ1n) is 11.6. The number of carboxylic acids is 1. The van der Waals surface area contributed by atoms with Crippen LogP contribution < -0.4 is 9.47 Å². The number of ether oxygens (including phenoxy) is 2. The van der Waals surface area contributed by atoms with E-state index in [0.717, 1.165) is 17.4 Å². The van der Waals surface area contributed by atoms with E-state index in [1.807, 2.05) is 0 Å². The number of hydrogen-bond donors (Lipinski definition) is 1. The number of nitrogens with zero attached hydrogens (tertiary/aromatic N) is 2. The van der Waals surface area contributed by atoms with Gasteiger partial charge in [-0.3, -0.25) is 25.0 Å². The number of aldehydes is 1. The molecule has 2 heterocycles. The van der Waals surface area contributed by atoms with Crippen LogP contribution in [-0.4, -0.2) is 38.4 Å². The Kier molecular flexibility index (Phi) is 6.80. The van der Waals surface area contributed by atoms with Gasteiger partial charge in [0, 0.05) is 57.3 Å². The fourth-order valence-corrected chi connectivity index (χ4v) is 4.99. The van der Waals surface area contributed by atoms with Crippen molar-refractivity contribution in [2.75, 3.05) is 0 Å². The van der Waals surface area contributed by atoms with E-state index < -0.39 is 22.1 Å². The fraction of sp³-hybridized carbons (Fsp3) is 0.462. The summed E-state index contributed by atoms with van der Waals surface area (Å²) >= 11 is 0. The van der Waals surface area contributed by atoms with Gasteiger partial charge in [-0.15, -0.1) is 0 Å². The van der Waals surface area contributed by atoms with Crippen molar-refractivity contribution in [2.45, 2.75) is 79.4 Å². The van der Waals surface area contributed by atoms with Crippen molar-refractivity contribution in [2.24, 2.45) is 0 Å². The molecule has 2 aliphatic heterocycles. The lowest BCUT2D eigenvalue weighted by molar-refractivity contribution is -0.386. The van der Waals surface area contributed by atoms with E-state index >= 15 is 0 Å². The van der Waals surface area contributed by atoms with Crippen LogP contribution in [0, 0.1) is 61.8 Å². The van der Waals surface area contributed by atoms with Crippen LogP contribution in [0.15, 0.2) is 0 Å². The molecule has 0 saturated carbocycles. The zero-order chi connectivity index (χ0) is 28.2. The summed E-state index contributed by atoms with van der Waals surface area (Å²) < 4.78 is 11.2. The molecule has 0 amide bonds. The second-order valence-corrected chi connectivity index (χ2v) is 10.1. The average molecular weight is 515 g/mol. The van der Waals surface area contributed by atoms with Crippen molar-refractivity contribution < 1.29 is 34.0 Å². The lowest BCUT2D eigenvalue weighted by Crippen LogP contribution is -2.39. The Bertz CT molecular complexity index is 1380. The molecule has 0 saturated heterocycles. The minimum Gasteiger partial charge on any atom is -0.479 e. The van der Waals surface area contributed by atoms with E-state index in [0.29, 0.717) is 51.3 Å². The molecule has 1 N–H and O–H groups in total. The zero-order valence-electron chi connectivity index (χ0n) is 22.1. The van der Waals surface area contributed by atoms with Crippen molar-refractivity contribution in [3.63, 3.8) is 0 Å². The topological polar surface area (TPSA) is 159 Å². The van der Waals surface area contributed by atoms with E-state index in [4.69, 9.17) is 9.47 Å². The largest absolute Gasteiger partial charge is 0.479 e. The molecule has 0 aromatic heterocycles. The maximum atomic E-state index is 11.3. The van der Waals surface area contributed by atoms with E-state index in [-0.39, 0.29) is 22.7 Å². The lowest BCUT2D eigenvalue weighted by Gasteiger charge is -2.18. The number of nitro benzene ring substituents is 2. The predicted molar refractivity (Wildman–Crippen MR) is 134 cm³/mol. The van der Waals surface area contributed by atoms with Gasteiger partial charge >= 0.3 is 5.97 Å². The fourth-order valence-electron chi connectivity index (χ4n) is 4.99. The van der Waals surface area contributed by atoms with E-state index in [1.165, 1.54) is 6.92 Å². The summed E-state index contributed by atoms with van der Waals surface area (Å²) in [6.07, 6.45) is 1.29.